The van der Waals surface area contributed by atoms with Gasteiger partial charge in [0.25, 0.3) is 0 Å². The third-order valence-corrected chi connectivity index (χ3v) is 1.50. The smallest absolute Gasteiger partial charge is 0.412 e. The topological polar surface area (TPSA) is 48.6 Å². The molecule has 0 unspecified atom stereocenters. The minimum atomic E-state index is -0.752. The van der Waals surface area contributed by atoms with Crippen molar-refractivity contribution in [1.29, 1.82) is 0 Å². The number of unbranched alkanes of at least 4 members (excludes halogenated alkanes) is 1. The molecule has 0 spiro atoms. The summed E-state index contributed by atoms with van der Waals surface area (Å²) in [6.07, 6.45) is 2.34. The number of hydrogen-bond acceptors (Lipinski definition) is 1. The summed E-state index contributed by atoms with van der Waals surface area (Å²) in [5.74, 6) is 0. The fourth-order valence-electron chi connectivity index (χ4n) is 0.249. The molecule has 0 aliphatic rings. The Morgan fingerprint density at radius 2 is 2.14 bits per heavy atom. The van der Waals surface area contributed by atoms with E-state index < -0.39 is 19.1 Å². The minimum Gasteiger partial charge on any atom is -0.412 e. The monoisotopic (exact) mass is 139 g/mol. The van der Waals surface area contributed by atoms with Crippen molar-refractivity contribution < 1.29 is 27.9 Å². The van der Waals surface area contributed by atoms with Crippen molar-refractivity contribution in [2.24, 2.45) is 0 Å². The van der Waals surface area contributed by atoms with E-state index in [9.17, 15) is 3.32 Å². The van der Waals surface area contributed by atoms with Crippen LogP contribution >= 0.6 is 0 Å². The van der Waals surface area contributed by atoms with Crippen LogP contribution in [-0.4, -0.2) is 5.48 Å². The fraction of sp³-hybridized carbons (Fsp3) is 1.00. The van der Waals surface area contributed by atoms with E-state index in [4.69, 9.17) is 0 Å². The van der Waals surface area contributed by atoms with Gasteiger partial charge in [0, 0.05) is 0 Å². The van der Waals surface area contributed by atoms with Crippen LogP contribution in [0.2, 0.25) is 4.73 Å². The Hall–Kier alpha value is 0.474. The summed E-state index contributed by atoms with van der Waals surface area (Å²) in [6, 6.07) is 0. The molecule has 0 aliphatic heterocycles. The molecule has 0 saturated carbocycles. The summed E-state index contributed by atoms with van der Waals surface area (Å²) in [5, 5.41) is 0. The van der Waals surface area contributed by atoms with Crippen LogP contribution in [0.15, 0.2) is 0 Å². The van der Waals surface area contributed by atoms with Gasteiger partial charge in [-0.3, -0.25) is 0 Å². The van der Waals surface area contributed by atoms with Gasteiger partial charge in [-0.05, 0) is 0 Å². The molecule has 0 radical (unpaired) electrons. The molecule has 0 fully saturated rings. The normalized spacial score (nSPS) is 6.43. The Bertz CT molecular complexity index is 38.7. The van der Waals surface area contributed by atoms with Crippen LogP contribution in [0.25, 0.3) is 0 Å². The third-order valence-electron chi connectivity index (χ3n) is 0.632. The van der Waals surface area contributed by atoms with E-state index in [1.54, 1.807) is 0 Å². The van der Waals surface area contributed by atoms with Gasteiger partial charge in [-0.15, -0.1) is 0 Å². The molecule has 0 aromatic rings. The average Bonchev–Trinajstić information content (AvgIpc) is 1.61. The Morgan fingerprint density at radius 3 is 2.29 bits per heavy atom. The molecule has 0 amide bonds. The van der Waals surface area contributed by atoms with Gasteiger partial charge in [-0.1, -0.05) is 0 Å². The van der Waals surface area contributed by atoms with E-state index in [2.05, 4.69) is 6.92 Å². The number of hydrogen-bond donors (Lipinski definition) is 0. The van der Waals surface area contributed by atoms with Crippen molar-refractivity contribution >= 4 is 0 Å². The van der Waals surface area contributed by atoms with Crippen molar-refractivity contribution in [3.05, 3.63) is 0 Å². The first-order valence-corrected chi connectivity index (χ1v) is 4.01. The van der Waals surface area contributed by atoms with E-state index in [1.165, 1.54) is 6.42 Å². The van der Waals surface area contributed by atoms with Gasteiger partial charge in [0.05, 0.1) is 0 Å². The first-order valence-electron chi connectivity index (χ1n) is 2.26. The van der Waals surface area contributed by atoms with Gasteiger partial charge in [-0.25, -0.2) is 0 Å². The molecule has 0 rings (SSSR count). The standard InChI is InChI=1S/C4H9.H2O.O.Ti/c1-3-4-2;;;/h1,3-4H2,2H3;1H2;;. The second-order valence-corrected chi connectivity index (χ2v) is 2.48. The molecular weight excluding hydrogens is 128 g/mol. The number of rotatable bonds is 3. The molecule has 0 aromatic carbocycles. The molecule has 2 nitrogen and oxygen atoms in total. The molecule has 2 N–H and O–H groups in total. The third kappa shape index (κ3) is 10.7. The maximum atomic E-state index is 9.81. The predicted molar refractivity (Wildman–Crippen MR) is 24.0 cm³/mol. The maximum Gasteiger partial charge on any atom is -0.412 e. The SMILES string of the molecule is CCC[CH2][Ti]=[O].O. The molecule has 0 aromatic heterocycles. The Labute approximate surface area is 52.9 Å². The van der Waals surface area contributed by atoms with Crippen molar-refractivity contribution in [2.45, 2.75) is 24.5 Å². The average molecular weight is 139 g/mol. The molecule has 7 heavy (non-hydrogen) atoms. The second kappa shape index (κ2) is 9.69. The second-order valence-electron chi connectivity index (χ2n) is 1.25. The van der Waals surface area contributed by atoms with Gasteiger partial charge < -0.3 is 5.48 Å². The van der Waals surface area contributed by atoms with E-state index in [1.807, 2.05) is 0 Å². The molecule has 0 heterocycles. The van der Waals surface area contributed by atoms with Gasteiger partial charge in [-0.2, -0.15) is 0 Å². The van der Waals surface area contributed by atoms with Gasteiger partial charge in [0.15, 0.2) is 0 Å². The Kier molecular flexibility index (Phi) is 14.5. The van der Waals surface area contributed by atoms with Crippen LogP contribution in [-0.2, 0) is 22.4 Å². The van der Waals surface area contributed by atoms with Gasteiger partial charge in [0.1, 0.15) is 0 Å². The van der Waals surface area contributed by atoms with Crippen LogP contribution in [0.1, 0.15) is 19.8 Å². The predicted octanol–water partition coefficient (Wildman–Crippen LogP) is 0.808. The van der Waals surface area contributed by atoms with Crippen LogP contribution in [0.4, 0.5) is 0 Å². The molecule has 43 valence electrons. The maximum absolute atomic E-state index is 9.81. The van der Waals surface area contributed by atoms with Crippen LogP contribution in [0, 0.1) is 0 Å². The van der Waals surface area contributed by atoms with Crippen molar-refractivity contribution in [3.63, 3.8) is 0 Å². The van der Waals surface area contributed by atoms with Crippen LogP contribution in [0.5, 0.6) is 0 Å². The summed E-state index contributed by atoms with van der Waals surface area (Å²) in [5.41, 5.74) is 0. The largest absolute Gasteiger partial charge is 0.412 e. The van der Waals surface area contributed by atoms with Gasteiger partial charge in [0.2, 0.25) is 0 Å². The summed E-state index contributed by atoms with van der Waals surface area (Å²) in [6.45, 7) is 2.11. The zero-order valence-corrected chi connectivity index (χ0v) is 6.09. The van der Waals surface area contributed by atoms with Crippen molar-refractivity contribution in [2.75, 3.05) is 0 Å². The quantitative estimate of drug-likeness (QED) is 0.421. The van der Waals surface area contributed by atoms with Gasteiger partial charge >= 0.3 is 46.9 Å². The van der Waals surface area contributed by atoms with Crippen LogP contribution < -0.4 is 0 Å². The van der Waals surface area contributed by atoms with E-state index >= 15 is 0 Å². The molecular formula is C4H11O2Ti. The first kappa shape index (κ1) is 10.5. The molecule has 3 heteroatoms. The van der Waals surface area contributed by atoms with Crippen molar-refractivity contribution in [1.82, 2.24) is 0 Å². The first-order chi connectivity index (χ1) is 2.91. The Morgan fingerprint density at radius 1 is 1.57 bits per heavy atom. The summed E-state index contributed by atoms with van der Waals surface area (Å²) >= 11 is -0.752. The molecule has 0 saturated heterocycles. The van der Waals surface area contributed by atoms with E-state index in [0.29, 0.717) is 0 Å². The van der Waals surface area contributed by atoms with E-state index in [-0.39, 0.29) is 5.48 Å². The Balaban J connectivity index is 0. The fourth-order valence-corrected chi connectivity index (χ4v) is 1.03. The zero-order valence-electron chi connectivity index (χ0n) is 4.53. The summed E-state index contributed by atoms with van der Waals surface area (Å²) in [4.78, 5) is 0. The molecule has 0 aliphatic carbocycles. The van der Waals surface area contributed by atoms with Crippen LogP contribution in [0.3, 0.4) is 0 Å². The molecule has 0 atom stereocenters. The minimum absolute atomic E-state index is 0. The van der Waals surface area contributed by atoms with E-state index in [0.717, 1.165) is 11.1 Å². The molecule has 0 bridgehead atoms. The summed E-state index contributed by atoms with van der Waals surface area (Å²) < 4.78 is 10.8. The zero-order chi connectivity index (χ0) is 4.83. The van der Waals surface area contributed by atoms with Crippen molar-refractivity contribution in [3.8, 4) is 0 Å². The summed E-state index contributed by atoms with van der Waals surface area (Å²) in [7, 11) is 0.